The van der Waals surface area contributed by atoms with Crippen LogP contribution in [-0.2, 0) is 0 Å². The van der Waals surface area contributed by atoms with Crippen LogP contribution >= 0.6 is 0 Å². The van der Waals surface area contributed by atoms with Gasteiger partial charge in [-0.1, -0.05) is 19.1 Å². The minimum atomic E-state index is 0.418. The highest BCUT2D eigenvalue weighted by Crippen LogP contribution is 2.27. The van der Waals surface area contributed by atoms with E-state index in [4.69, 9.17) is 0 Å². The molecule has 2 aromatic rings. The van der Waals surface area contributed by atoms with Crippen molar-refractivity contribution in [3.05, 3.63) is 35.5 Å². The van der Waals surface area contributed by atoms with Crippen molar-refractivity contribution in [2.75, 3.05) is 11.4 Å². The zero-order valence-electron chi connectivity index (χ0n) is 13.2. The van der Waals surface area contributed by atoms with Crippen molar-refractivity contribution in [1.82, 2.24) is 15.0 Å². The molecule has 1 fully saturated rings. The molecule has 2 heterocycles. The first kappa shape index (κ1) is 14.6. The second-order valence-corrected chi connectivity index (χ2v) is 5.86. The fraction of sp³-hybridized carbons (Fsp3) is 0.471. The molecule has 1 saturated heterocycles. The SMILES string of the molecule is CCC1CCCCN1c1nn(-c2cccc(C)c2)nc1C#N. The predicted molar refractivity (Wildman–Crippen MR) is 86.1 cm³/mol. The Morgan fingerprint density at radius 3 is 2.91 bits per heavy atom. The molecule has 1 unspecified atom stereocenters. The smallest absolute Gasteiger partial charge is 0.207 e. The molecule has 0 saturated carbocycles. The number of piperidine rings is 1. The van der Waals surface area contributed by atoms with Gasteiger partial charge >= 0.3 is 0 Å². The number of aromatic nitrogens is 3. The van der Waals surface area contributed by atoms with Gasteiger partial charge in [-0.15, -0.1) is 15.0 Å². The monoisotopic (exact) mass is 295 g/mol. The Morgan fingerprint density at radius 2 is 2.18 bits per heavy atom. The molecule has 0 radical (unpaired) electrons. The Bertz CT molecular complexity index is 697. The fourth-order valence-electron chi connectivity index (χ4n) is 3.14. The summed E-state index contributed by atoms with van der Waals surface area (Å²) in [6.45, 7) is 5.19. The lowest BCUT2D eigenvalue weighted by atomic mass is 10.00. The highest BCUT2D eigenvalue weighted by Gasteiger charge is 2.26. The number of rotatable bonds is 3. The quantitative estimate of drug-likeness (QED) is 0.872. The number of nitrogens with zero attached hydrogens (tertiary/aromatic N) is 5. The maximum absolute atomic E-state index is 9.43. The van der Waals surface area contributed by atoms with Crippen LogP contribution in [0.5, 0.6) is 0 Å². The molecule has 1 aromatic carbocycles. The predicted octanol–water partition coefficient (Wildman–Crippen LogP) is 3.22. The van der Waals surface area contributed by atoms with Crippen molar-refractivity contribution in [3.63, 3.8) is 0 Å². The molecule has 1 aromatic heterocycles. The highest BCUT2D eigenvalue weighted by atomic mass is 15.5. The van der Waals surface area contributed by atoms with Crippen molar-refractivity contribution >= 4 is 5.82 Å². The van der Waals surface area contributed by atoms with E-state index in [1.54, 1.807) is 4.80 Å². The van der Waals surface area contributed by atoms with E-state index in [0.29, 0.717) is 11.7 Å². The van der Waals surface area contributed by atoms with Gasteiger partial charge in [0.15, 0.2) is 5.82 Å². The first-order chi connectivity index (χ1) is 10.7. The number of nitriles is 1. The van der Waals surface area contributed by atoms with Crippen molar-refractivity contribution in [3.8, 4) is 11.8 Å². The summed E-state index contributed by atoms with van der Waals surface area (Å²) in [5.74, 6) is 0.732. The van der Waals surface area contributed by atoms with E-state index in [-0.39, 0.29) is 0 Å². The molecule has 0 N–H and O–H groups in total. The summed E-state index contributed by atoms with van der Waals surface area (Å²) >= 11 is 0. The van der Waals surface area contributed by atoms with Gasteiger partial charge in [0.05, 0.1) is 5.69 Å². The van der Waals surface area contributed by atoms with Gasteiger partial charge in [0.25, 0.3) is 0 Å². The molecule has 0 bridgehead atoms. The number of hydrogen-bond donors (Lipinski definition) is 0. The largest absolute Gasteiger partial charge is 0.350 e. The van der Waals surface area contributed by atoms with Crippen molar-refractivity contribution < 1.29 is 0 Å². The summed E-state index contributed by atoms with van der Waals surface area (Å²) in [5, 5.41) is 18.4. The van der Waals surface area contributed by atoms with Crippen LogP contribution in [0.15, 0.2) is 24.3 Å². The molecule has 0 amide bonds. The van der Waals surface area contributed by atoms with Crippen LogP contribution in [0.4, 0.5) is 5.82 Å². The van der Waals surface area contributed by atoms with Gasteiger partial charge in [0, 0.05) is 12.6 Å². The normalized spacial score (nSPS) is 18.2. The second-order valence-electron chi connectivity index (χ2n) is 5.86. The van der Waals surface area contributed by atoms with E-state index in [9.17, 15) is 5.26 Å². The molecule has 1 aliphatic heterocycles. The van der Waals surface area contributed by atoms with Gasteiger partial charge in [-0.2, -0.15) is 5.26 Å². The van der Waals surface area contributed by atoms with Crippen LogP contribution in [0.3, 0.4) is 0 Å². The summed E-state index contributed by atoms with van der Waals surface area (Å²) < 4.78 is 0. The van der Waals surface area contributed by atoms with Crippen LogP contribution in [0, 0.1) is 18.3 Å². The van der Waals surface area contributed by atoms with Gasteiger partial charge in [-0.3, -0.25) is 0 Å². The minimum absolute atomic E-state index is 0.418. The molecule has 5 nitrogen and oxygen atoms in total. The molecular formula is C17H21N5. The minimum Gasteiger partial charge on any atom is -0.350 e. The Kier molecular flexibility index (Phi) is 4.10. The summed E-state index contributed by atoms with van der Waals surface area (Å²) in [7, 11) is 0. The van der Waals surface area contributed by atoms with Crippen LogP contribution in [0.25, 0.3) is 5.69 Å². The lowest BCUT2D eigenvalue weighted by molar-refractivity contribution is 0.446. The number of benzene rings is 1. The average molecular weight is 295 g/mol. The topological polar surface area (TPSA) is 57.7 Å². The van der Waals surface area contributed by atoms with E-state index in [2.05, 4.69) is 28.1 Å². The molecule has 22 heavy (non-hydrogen) atoms. The van der Waals surface area contributed by atoms with Gasteiger partial charge in [0.2, 0.25) is 5.69 Å². The number of aryl methyl sites for hydroxylation is 1. The maximum Gasteiger partial charge on any atom is 0.207 e. The van der Waals surface area contributed by atoms with Gasteiger partial charge in [-0.25, -0.2) is 0 Å². The van der Waals surface area contributed by atoms with E-state index in [1.807, 2.05) is 31.2 Å². The zero-order chi connectivity index (χ0) is 15.5. The molecular weight excluding hydrogens is 274 g/mol. The Balaban J connectivity index is 2.00. The van der Waals surface area contributed by atoms with Crippen LogP contribution in [-0.4, -0.2) is 27.6 Å². The third kappa shape index (κ3) is 2.69. The van der Waals surface area contributed by atoms with E-state index < -0.39 is 0 Å². The van der Waals surface area contributed by atoms with Crippen LogP contribution in [0.2, 0.25) is 0 Å². The lowest BCUT2D eigenvalue weighted by Crippen LogP contribution is -2.39. The zero-order valence-corrected chi connectivity index (χ0v) is 13.2. The highest BCUT2D eigenvalue weighted by molar-refractivity contribution is 5.51. The molecule has 114 valence electrons. The summed E-state index contributed by atoms with van der Waals surface area (Å²) in [4.78, 5) is 3.85. The third-order valence-corrected chi connectivity index (χ3v) is 4.30. The average Bonchev–Trinajstić information content (AvgIpc) is 2.99. The number of anilines is 1. The molecule has 0 spiro atoms. The Hall–Kier alpha value is -2.35. The Morgan fingerprint density at radius 1 is 1.32 bits per heavy atom. The summed E-state index contributed by atoms with van der Waals surface area (Å²) in [6.07, 6.45) is 4.64. The Labute approximate surface area is 131 Å². The van der Waals surface area contributed by atoms with Crippen LogP contribution in [0.1, 0.15) is 43.9 Å². The first-order valence-electron chi connectivity index (χ1n) is 7.94. The second kappa shape index (κ2) is 6.18. The third-order valence-electron chi connectivity index (χ3n) is 4.30. The van der Waals surface area contributed by atoms with Gasteiger partial charge in [-0.05, 0) is 50.3 Å². The maximum atomic E-state index is 9.43. The lowest BCUT2D eigenvalue weighted by Gasteiger charge is -2.35. The van der Waals surface area contributed by atoms with E-state index in [1.165, 1.54) is 12.8 Å². The van der Waals surface area contributed by atoms with E-state index >= 15 is 0 Å². The van der Waals surface area contributed by atoms with Crippen molar-refractivity contribution in [2.24, 2.45) is 0 Å². The molecule has 1 atom stereocenters. The first-order valence-corrected chi connectivity index (χ1v) is 7.94. The molecule has 1 aliphatic rings. The number of hydrogen-bond acceptors (Lipinski definition) is 4. The van der Waals surface area contributed by atoms with Gasteiger partial charge in [0.1, 0.15) is 6.07 Å². The van der Waals surface area contributed by atoms with Gasteiger partial charge < -0.3 is 4.90 Å². The van der Waals surface area contributed by atoms with Crippen molar-refractivity contribution in [1.29, 1.82) is 5.26 Å². The summed E-state index contributed by atoms with van der Waals surface area (Å²) in [5.41, 5.74) is 2.47. The van der Waals surface area contributed by atoms with Crippen LogP contribution < -0.4 is 4.90 Å². The summed E-state index contributed by atoms with van der Waals surface area (Å²) in [6, 6.07) is 10.7. The molecule has 3 rings (SSSR count). The van der Waals surface area contributed by atoms with E-state index in [0.717, 1.165) is 36.5 Å². The van der Waals surface area contributed by atoms with Crippen molar-refractivity contribution in [2.45, 2.75) is 45.6 Å². The standard InChI is InChI=1S/C17H21N5/c1-3-14-8-4-5-10-21(14)17-16(12-18)19-22(20-17)15-9-6-7-13(2)11-15/h6-7,9,11,14H,3-5,8,10H2,1-2H3. The molecule has 5 heteroatoms. The molecule has 0 aliphatic carbocycles. The fourth-order valence-corrected chi connectivity index (χ4v) is 3.14.